The largest absolute Gasteiger partial charge is 0.369 e. The fraction of sp³-hybridized carbons (Fsp3) is 0.615. The molecule has 1 saturated heterocycles. The van der Waals surface area contributed by atoms with Gasteiger partial charge in [-0.1, -0.05) is 13.3 Å². The Morgan fingerprint density at radius 3 is 2.74 bits per heavy atom. The zero-order valence-corrected chi connectivity index (χ0v) is 11.2. The number of carbonyl (C=O) groups is 2. The van der Waals surface area contributed by atoms with Gasteiger partial charge in [-0.15, -0.1) is 0 Å². The number of aryl methyl sites for hydroxylation is 1. The van der Waals surface area contributed by atoms with Gasteiger partial charge in [0.1, 0.15) is 5.69 Å². The number of hydrogen-bond donors (Lipinski definition) is 2. The molecule has 2 heterocycles. The van der Waals surface area contributed by atoms with Crippen LogP contribution >= 0.6 is 0 Å². The highest BCUT2D eigenvalue weighted by atomic mass is 16.2. The highest BCUT2D eigenvalue weighted by molar-refractivity contribution is 5.92. The summed E-state index contributed by atoms with van der Waals surface area (Å²) in [7, 11) is 0. The number of rotatable bonds is 4. The number of aromatic nitrogens is 2. The van der Waals surface area contributed by atoms with Gasteiger partial charge in [0.05, 0.1) is 0 Å². The van der Waals surface area contributed by atoms with Gasteiger partial charge in [0.25, 0.3) is 5.91 Å². The van der Waals surface area contributed by atoms with Crippen LogP contribution in [0.2, 0.25) is 0 Å². The third-order valence-electron chi connectivity index (χ3n) is 3.55. The third-order valence-corrected chi connectivity index (χ3v) is 3.55. The first-order valence-electron chi connectivity index (χ1n) is 6.74. The van der Waals surface area contributed by atoms with E-state index in [1.807, 2.05) is 6.07 Å². The molecule has 1 aliphatic rings. The Bertz CT molecular complexity index is 461. The zero-order chi connectivity index (χ0) is 13.8. The summed E-state index contributed by atoms with van der Waals surface area (Å²) in [5, 5.41) is 6.94. The number of nitrogens with zero attached hydrogens (tertiary/aromatic N) is 2. The minimum atomic E-state index is -0.267. The number of primary amides is 1. The van der Waals surface area contributed by atoms with Crippen LogP contribution in [-0.2, 0) is 11.2 Å². The molecule has 104 valence electrons. The number of H-pyrrole nitrogens is 1. The van der Waals surface area contributed by atoms with Gasteiger partial charge in [0.15, 0.2) is 0 Å². The summed E-state index contributed by atoms with van der Waals surface area (Å²) >= 11 is 0. The number of aromatic amines is 1. The maximum atomic E-state index is 12.2. The van der Waals surface area contributed by atoms with Gasteiger partial charge in [-0.25, -0.2) is 0 Å². The van der Waals surface area contributed by atoms with Crippen LogP contribution in [0.25, 0.3) is 0 Å². The van der Waals surface area contributed by atoms with E-state index in [1.54, 1.807) is 4.90 Å². The summed E-state index contributed by atoms with van der Waals surface area (Å²) in [6, 6.07) is 1.81. The van der Waals surface area contributed by atoms with Gasteiger partial charge < -0.3 is 10.6 Å². The molecule has 0 aromatic carbocycles. The van der Waals surface area contributed by atoms with E-state index in [1.165, 1.54) is 0 Å². The molecule has 2 amide bonds. The number of carbonyl (C=O) groups excluding carboxylic acids is 2. The van der Waals surface area contributed by atoms with Crippen LogP contribution in [0.1, 0.15) is 42.4 Å². The number of nitrogens with two attached hydrogens (primary N) is 1. The lowest BCUT2D eigenvalue weighted by Crippen LogP contribution is -2.41. The van der Waals surface area contributed by atoms with E-state index in [0.29, 0.717) is 31.6 Å². The summed E-state index contributed by atoms with van der Waals surface area (Å²) in [5.41, 5.74) is 6.72. The molecule has 1 aliphatic heterocycles. The molecule has 19 heavy (non-hydrogen) atoms. The lowest BCUT2D eigenvalue weighted by Gasteiger charge is -2.29. The van der Waals surface area contributed by atoms with Crippen LogP contribution < -0.4 is 5.73 Å². The number of amides is 2. The molecule has 6 nitrogen and oxygen atoms in total. The topological polar surface area (TPSA) is 92.1 Å². The first kappa shape index (κ1) is 13.6. The quantitative estimate of drug-likeness (QED) is 0.838. The second kappa shape index (κ2) is 5.86. The number of piperidine rings is 1. The lowest BCUT2D eigenvalue weighted by molar-refractivity contribution is -0.123. The van der Waals surface area contributed by atoms with E-state index in [2.05, 4.69) is 17.1 Å². The molecule has 0 radical (unpaired) electrons. The molecular formula is C13H20N4O2. The van der Waals surface area contributed by atoms with Crippen molar-refractivity contribution in [1.29, 1.82) is 0 Å². The Morgan fingerprint density at radius 1 is 1.47 bits per heavy atom. The minimum absolute atomic E-state index is 0.0680. The first-order valence-corrected chi connectivity index (χ1v) is 6.74. The normalized spacial score (nSPS) is 16.6. The van der Waals surface area contributed by atoms with Crippen molar-refractivity contribution in [2.24, 2.45) is 11.7 Å². The summed E-state index contributed by atoms with van der Waals surface area (Å²) < 4.78 is 0. The summed E-state index contributed by atoms with van der Waals surface area (Å²) in [6.07, 6.45) is 3.20. The van der Waals surface area contributed by atoms with Crippen molar-refractivity contribution in [3.8, 4) is 0 Å². The number of hydrogen-bond acceptors (Lipinski definition) is 3. The van der Waals surface area contributed by atoms with E-state index in [-0.39, 0.29) is 17.7 Å². The molecule has 0 saturated carbocycles. The summed E-state index contributed by atoms with van der Waals surface area (Å²) in [6.45, 7) is 3.22. The summed E-state index contributed by atoms with van der Waals surface area (Å²) in [4.78, 5) is 25.0. The minimum Gasteiger partial charge on any atom is -0.369 e. The fourth-order valence-corrected chi connectivity index (χ4v) is 2.40. The molecule has 6 heteroatoms. The van der Waals surface area contributed by atoms with Crippen molar-refractivity contribution in [3.63, 3.8) is 0 Å². The SMILES string of the molecule is CCCc1cc(C(=O)N2CCC(C(N)=O)CC2)n[nH]1. The number of likely N-dealkylation sites (tertiary alicyclic amines) is 1. The van der Waals surface area contributed by atoms with Crippen molar-refractivity contribution in [2.45, 2.75) is 32.6 Å². The van der Waals surface area contributed by atoms with Crippen LogP contribution in [0.4, 0.5) is 0 Å². The molecular weight excluding hydrogens is 244 g/mol. The van der Waals surface area contributed by atoms with Gasteiger partial charge in [0.2, 0.25) is 5.91 Å². The second-order valence-electron chi connectivity index (χ2n) is 5.00. The molecule has 2 rings (SSSR count). The van der Waals surface area contributed by atoms with Crippen molar-refractivity contribution in [2.75, 3.05) is 13.1 Å². The third kappa shape index (κ3) is 3.13. The average molecular weight is 264 g/mol. The smallest absolute Gasteiger partial charge is 0.274 e. The van der Waals surface area contributed by atoms with Crippen molar-refractivity contribution in [3.05, 3.63) is 17.5 Å². The van der Waals surface area contributed by atoms with Crippen LogP contribution in [0.3, 0.4) is 0 Å². The molecule has 1 fully saturated rings. The molecule has 1 aromatic rings. The highest BCUT2D eigenvalue weighted by Crippen LogP contribution is 2.18. The molecule has 0 bridgehead atoms. The van der Waals surface area contributed by atoms with Crippen molar-refractivity contribution < 1.29 is 9.59 Å². The maximum absolute atomic E-state index is 12.2. The maximum Gasteiger partial charge on any atom is 0.274 e. The highest BCUT2D eigenvalue weighted by Gasteiger charge is 2.27. The Hall–Kier alpha value is -1.85. The van der Waals surface area contributed by atoms with Crippen LogP contribution in [0.5, 0.6) is 0 Å². The molecule has 0 unspecified atom stereocenters. The number of nitrogens with one attached hydrogen (secondary N) is 1. The van der Waals surface area contributed by atoms with Crippen molar-refractivity contribution in [1.82, 2.24) is 15.1 Å². The Labute approximate surface area is 112 Å². The van der Waals surface area contributed by atoms with Gasteiger partial charge in [-0.2, -0.15) is 5.10 Å². The van der Waals surface area contributed by atoms with Crippen molar-refractivity contribution >= 4 is 11.8 Å². The van der Waals surface area contributed by atoms with E-state index in [4.69, 9.17) is 5.73 Å². The van der Waals surface area contributed by atoms with Crippen LogP contribution in [0.15, 0.2) is 6.07 Å². The molecule has 0 atom stereocenters. The Morgan fingerprint density at radius 2 is 2.16 bits per heavy atom. The van der Waals surface area contributed by atoms with Gasteiger partial charge in [-0.3, -0.25) is 14.7 Å². The standard InChI is InChI=1S/C13H20N4O2/c1-2-3-10-8-11(16-15-10)13(19)17-6-4-9(5-7-17)12(14)18/h8-9H,2-7H2,1H3,(H2,14,18)(H,15,16). The van der Waals surface area contributed by atoms with E-state index in [9.17, 15) is 9.59 Å². The van der Waals surface area contributed by atoms with E-state index < -0.39 is 0 Å². The van der Waals surface area contributed by atoms with Gasteiger partial charge in [0, 0.05) is 24.7 Å². The van der Waals surface area contributed by atoms with Crippen LogP contribution in [-0.4, -0.2) is 40.0 Å². The summed E-state index contributed by atoms with van der Waals surface area (Å²) in [5.74, 6) is -0.433. The predicted molar refractivity (Wildman–Crippen MR) is 70.4 cm³/mol. The van der Waals surface area contributed by atoms with Gasteiger partial charge >= 0.3 is 0 Å². The predicted octanol–water partition coefficient (Wildman–Crippen LogP) is 0.700. The second-order valence-corrected chi connectivity index (χ2v) is 5.00. The molecule has 0 spiro atoms. The zero-order valence-electron chi connectivity index (χ0n) is 11.2. The van der Waals surface area contributed by atoms with E-state index in [0.717, 1.165) is 18.5 Å². The average Bonchev–Trinajstić information content (AvgIpc) is 2.87. The Balaban J connectivity index is 1.95. The van der Waals surface area contributed by atoms with E-state index >= 15 is 0 Å². The van der Waals surface area contributed by atoms with Crippen LogP contribution in [0, 0.1) is 5.92 Å². The molecule has 3 N–H and O–H groups in total. The molecule has 0 aliphatic carbocycles. The molecule has 1 aromatic heterocycles. The lowest BCUT2D eigenvalue weighted by atomic mass is 9.96. The first-order chi connectivity index (χ1) is 9.11. The fourth-order valence-electron chi connectivity index (χ4n) is 2.40. The monoisotopic (exact) mass is 264 g/mol. The van der Waals surface area contributed by atoms with Gasteiger partial charge in [-0.05, 0) is 25.3 Å². The Kier molecular flexibility index (Phi) is 4.19.